The van der Waals surface area contributed by atoms with Crippen LogP contribution in [0.3, 0.4) is 0 Å². The van der Waals surface area contributed by atoms with E-state index >= 15 is 0 Å². The van der Waals surface area contributed by atoms with Crippen LogP contribution in [0.25, 0.3) is 0 Å². The number of carbonyl (C=O) groups is 1. The average molecular weight is 473 g/mol. The summed E-state index contributed by atoms with van der Waals surface area (Å²) in [6, 6.07) is 17.8. The van der Waals surface area contributed by atoms with Crippen molar-refractivity contribution in [3.63, 3.8) is 0 Å². The molecule has 0 aliphatic rings. The standard InChI is InChI=1S/C24H25FN2O5S/c1-3-23(32-21-11-5-17(25)6-12-21)24(28)26-18-9-15-22(16-10-18)33(29,30)27-19-7-13-20(14-8-19)31-4-2/h5-16,23,27H,3-4H2,1-2H3,(H,26,28)/t23-/m0/s1. The van der Waals surface area contributed by atoms with Gasteiger partial charge in [-0.25, -0.2) is 12.8 Å². The number of carbonyl (C=O) groups excluding carboxylic acids is 1. The third-order valence-electron chi connectivity index (χ3n) is 4.60. The molecular formula is C24H25FN2O5S. The molecule has 0 aromatic heterocycles. The summed E-state index contributed by atoms with van der Waals surface area (Å²) in [6.45, 7) is 4.17. The monoisotopic (exact) mass is 472 g/mol. The van der Waals surface area contributed by atoms with Crippen molar-refractivity contribution >= 4 is 27.3 Å². The molecule has 0 spiro atoms. The molecule has 2 N–H and O–H groups in total. The van der Waals surface area contributed by atoms with Crippen molar-refractivity contribution < 1.29 is 27.1 Å². The van der Waals surface area contributed by atoms with Crippen molar-refractivity contribution in [2.24, 2.45) is 0 Å². The van der Waals surface area contributed by atoms with Gasteiger partial charge in [-0.2, -0.15) is 0 Å². The van der Waals surface area contributed by atoms with E-state index in [9.17, 15) is 17.6 Å². The average Bonchev–Trinajstić information content (AvgIpc) is 2.80. The van der Waals surface area contributed by atoms with Crippen LogP contribution >= 0.6 is 0 Å². The third-order valence-corrected chi connectivity index (χ3v) is 6.00. The van der Waals surface area contributed by atoms with E-state index in [0.717, 1.165) is 0 Å². The van der Waals surface area contributed by atoms with E-state index in [1.165, 1.54) is 48.5 Å². The first kappa shape index (κ1) is 24.1. The molecule has 0 aliphatic carbocycles. The second-order valence-electron chi connectivity index (χ2n) is 7.05. The summed E-state index contributed by atoms with van der Waals surface area (Å²) in [7, 11) is -3.81. The Labute approximate surface area is 192 Å². The number of sulfonamides is 1. The van der Waals surface area contributed by atoms with Crippen molar-refractivity contribution in [3.05, 3.63) is 78.6 Å². The van der Waals surface area contributed by atoms with Gasteiger partial charge in [-0.1, -0.05) is 6.92 Å². The highest BCUT2D eigenvalue weighted by Crippen LogP contribution is 2.21. The second-order valence-corrected chi connectivity index (χ2v) is 8.73. The van der Waals surface area contributed by atoms with Crippen molar-refractivity contribution in [1.29, 1.82) is 0 Å². The lowest BCUT2D eigenvalue weighted by Crippen LogP contribution is -2.32. The van der Waals surface area contributed by atoms with Crippen LogP contribution in [0.15, 0.2) is 77.7 Å². The molecule has 3 aromatic rings. The van der Waals surface area contributed by atoms with E-state index in [4.69, 9.17) is 9.47 Å². The highest BCUT2D eigenvalue weighted by molar-refractivity contribution is 7.92. The van der Waals surface area contributed by atoms with Crippen molar-refractivity contribution in [2.75, 3.05) is 16.6 Å². The smallest absolute Gasteiger partial charge is 0.265 e. The predicted molar refractivity (Wildman–Crippen MR) is 125 cm³/mol. The Balaban J connectivity index is 1.63. The van der Waals surface area contributed by atoms with Gasteiger partial charge in [0.2, 0.25) is 0 Å². The zero-order valence-electron chi connectivity index (χ0n) is 18.2. The van der Waals surface area contributed by atoms with Gasteiger partial charge in [-0.05, 0) is 86.1 Å². The molecule has 174 valence electrons. The second kappa shape index (κ2) is 10.8. The van der Waals surface area contributed by atoms with Crippen LogP contribution in [0.4, 0.5) is 15.8 Å². The first-order valence-corrected chi connectivity index (χ1v) is 11.9. The van der Waals surface area contributed by atoms with Gasteiger partial charge in [0.1, 0.15) is 17.3 Å². The summed E-state index contributed by atoms with van der Waals surface area (Å²) in [4.78, 5) is 12.6. The summed E-state index contributed by atoms with van der Waals surface area (Å²) < 4.78 is 51.8. The van der Waals surface area contributed by atoms with E-state index in [0.29, 0.717) is 35.9 Å². The minimum atomic E-state index is -3.81. The van der Waals surface area contributed by atoms with Crippen LogP contribution in [-0.2, 0) is 14.8 Å². The Hall–Kier alpha value is -3.59. The highest BCUT2D eigenvalue weighted by Gasteiger charge is 2.19. The molecule has 0 heterocycles. The number of hydrogen-bond donors (Lipinski definition) is 2. The van der Waals surface area contributed by atoms with Crippen LogP contribution in [0.5, 0.6) is 11.5 Å². The van der Waals surface area contributed by atoms with E-state index in [-0.39, 0.29) is 4.90 Å². The maximum absolute atomic E-state index is 13.0. The molecule has 0 radical (unpaired) electrons. The number of nitrogens with one attached hydrogen (secondary N) is 2. The molecule has 1 amide bonds. The maximum atomic E-state index is 13.0. The molecule has 7 nitrogen and oxygen atoms in total. The van der Waals surface area contributed by atoms with Crippen LogP contribution in [0.2, 0.25) is 0 Å². The fraction of sp³-hybridized carbons (Fsp3) is 0.208. The molecule has 3 aromatic carbocycles. The first-order valence-electron chi connectivity index (χ1n) is 10.4. The molecule has 0 aliphatic heterocycles. The van der Waals surface area contributed by atoms with Gasteiger partial charge in [0.25, 0.3) is 15.9 Å². The number of ether oxygens (including phenoxy) is 2. The van der Waals surface area contributed by atoms with Crippen molar-refractivity contribution in [1.82, 2.24) is 0 Å². The third kappa shape index (κ3) is 6.69. The van der Waals surface area contributed by atoms with Gasteiger partial charge in [0.05, 0.1) is 11.5 Å². The molecule has 33 heavy (non-hydrogen) atoms. The van der Waals surface area contributed by atoms with E-state index in [1.807, 2.05) is 6.92 Å². The van der Waals surface area contributed by atoms with Crippen LogP contribution < -0.4 is 19.5 Å². The molecule has 0 saturated carbocycles. The minimum absolute atomic E-state index is 0.0454. The van der Waals surface area contributed by atoms with Gasteiger partial charge in [0.15, 0.2) is 6.10 Å². The summed E-state index contributed by atoms with van der Waals surface area (Å²) in [5.74, 6) is 0.228. The van der Waals surface area contributed by atoms with E-state index < -0.39 is 27.9 Å². The lowest BCUT2D eigenvalue weighted by Gasteiger charge is -2.17. The summed E-state index contributed by atoms with van der Waals surface area (Å²) in [5.41, 5.74) is 0.820. The number of rotatable bonds is 10. The number of benzene rings is 3. The quantitative estimate of drug-likeness (QED) is 0.441. The number of hydrogen-bond acceptors (Lipinski definition) is 5. The molecule has 3 rings (SSSR count). The molecule has 9 heteroatoms. The molecule has 0 fully saturated rings. The molecule has 1 atom stereocenters. The van der Waals surface area contributed by atoms with Crippen LogP contribution in [-0.4, -0.2) is 27.0 Å². The Kier molecular flexibility index (Phi) is 7.89. The number of anilines is 2. The Morgan fingerprint density at radius 1 is 0.879 bits per heavy atom. The molecule has 0 saturated heterocycles. The fourth-order valence-electron chi connectivity index (χ4n) is 2.94. The van der Waals surface area contributed by atoms with Gasteiger partial charge < -0.3 is 14.8 Å². The number of halogens is 1. The summed E-state index contributed by atoms with van der Waals surface area (Å²) >= 11 is 0. The van der Waals surface area contributed by atoms with Gasteiger partial charge in [-0.3, -0.25) is 9.52 Å². The Morgan fingerprint density at radius 3 is 2.03 bits per heavy atom. The molecule has 0 unspecified atom stereocenters. The highest BCUT2D eigenvalue weighted by atomic mass is 32.2. The van der Waals surface area contributed by atoms with Gasteiger partial charge in [-0.15, -0.1) is 0 Å². The van der Waals surface area contributed by atoms with E-state index in [1.54, 1.807) is 31.2 Å². The minimum Gasteiger partial charge on any atom is -0.494 e. The van der Waals surface area contributed by atoms with Crippen molar-refractivity contribution in [3.8, 4) is 11.5 Å². The summed E-state index contributed by atoms with van der Waals surface area (Å²) in [5, 5.41) is 2.70. The topological polar surface area (TPSA) is 93.7 Å². The van der Waals surface area contributed by atoms with Crippen molar-refractivity contribution in [2.45, 2.75) is 31.3 Å². The normalized spacial score (nSPS) is 12.0. The zero-order chi connectivity index (χ0) is 23.8. The van der Waals surface area contributed by atoms with Crippen LogP contribution in [0, 0.1) is 5.82 Å². The largest absolute Gasteiger partial charge is 0.494 e. The number of amides is 1. The zero-order valence-corrected chi connectivity index (χ0v) is 19.1. The first-order chi connectivity index (χ1) is 15.8. The van der Waals surface area contributed by atoms with Gasteiger partial charge >= 0.3 is 0 Å². The molecular weight excluding hydrogens is 447 g/mol. The Bertz CT molecular complexity index is 1160. The summed E-state index contributed by atoms with van der Waals surface area (Å²) in [6.07, 6.45) is -0.401. The van der Waals surface area contributed by atoms with Gasteiger partial charge in [0, 0.05) is 11.4 Å². The molecule has 0 bridgehead atoms. The maximum Gasteiger partial charge on any atom is 0.265 e. The predicted octanol–water partition coefficient (Wildman–Crippen LogP) is 4.82. The lowest BCUT2D eigenvalue weighted by atomic mass is 10.2. The lowest BCUT2D eigenvalue weighted by molar-refractivity contribution is -0.122. The van der Waals surface area contributed by atoms with Crippen LogP contribution in [0.1, 0.15) is 20.3 Å². The SMILES string of the molecule is CCOc1ccc(NS(=O)(=O)c2ccc(NC(=O)[C@H](CC)Oc3ccc(F)cc3)cc2)cc1. The van der Waals surface area contributed by atoms with E-state index in [2.05, 4.69) is 10.0 Å². The fourth-order valence-corrected chi connectivity index (χ4v) is 4.00. The Morgan fingerprint density at radius 2 is 1.45 bits per heavy atom.